The number of benzene rings is 1. The Bertz CT molecular complexity index is 494. The summed E-state index contributed by atoms with van der Waals surface area (Å²) in [6, 6.07) is 2.94. The second-order valence-electron chi connectivity index (χ2n) is 3.26. The van der Waals surface area contributed by atoms with Crippen molar-refractivity contribution < 1.29 is 23.0 Å². The first-order valence-corrected chi connectivity index (χ1v) is 6.46. The van der Waals surface area contributed by atoms with E-state index in [1.165, 1.54) is 0 Å². The van der Waals surface area contributed by atoms with E-state index in [1.807, 2.05) is 0 Å². The molecule has 3 N–H and O–H groups in total. The van der Waals surface area contributed by atoms with Gasteiger partial charge in [0, 0.05) is 6.54 Å². The molecule has 96 valence electrons. The Morgan fingerprint density at radius 2 is 2.12 bits per heavy atom. The van der Waals surface area contributed by atoms with Crippen molar-refractivity contribution in [3.63, 3.8) is 0 Å². The van der Waals surface area contributed by atoms with Crippen LogP contribution in [0.25, 0.3) is 0 Å². The highest BCUT2D eigenvalue weighted by Gasteiger charge is 2.16. The normalized spacial score (nSPS) is 13.6. The van der Waals surface area contributed by atoms with Crippen LogP contribution in [0.3, 0.4) is 0 Å². The smallest absolute Gasteiger partial charge is 0.240 e. The summed E-state index contributed by atoms with van der Waals surface area (Å²) in [5.74, 6) is -0.721. The number of aliphatic hydroxyl groups is 2. The van der Waals surface area contributed by atoms with E-state index in [4.69, 9.17) is 21.8 Å². The highest BCUT2D eigenvalue weighted by molar-refractivity contribution is 7.89. The van der Waals surface area contributed by atoms with Gasteiger partial charge < -0.3 is 10.2 Å². The highest BCUT2D eigenvalue weighted by Crippen LogP contribution is 2.19. The van der Waals surface area contributed by atoms with Crippen molar-refractivity contribution in [1.82, 2.24) is 4.72 Å². The summed E-state index contributed by atoms with van der Waals surface area (Å²) < 4.78 is 38.2. The van der Waals surface area contributed by atoms with Crippen molar-refractivity contribution in [3.05, 3.63) is 29.0 Å². The van der Waals surface area contributed by atoms with Gasteiger partial charge in [0.05, 0.1) is 22.6 Å². The molecule has 0 fully saturated rings. The van der Waals surface area contributed by atoms with E-state index in [0.29, 0.717) is 0 Å². The number of nitrogens with one attached hydrogen (secondary N) is 1. The minimum atomic E-state index is -3.88. The molecule has 0 heterocycles. The molecule has 5 nitrogen and oxygen atoms in total. The maximum atomic E-state index is 12.8. The number of hydrogen-bond donors (Lipinski definition) is 3. The van der Waals surface area contributed by atoms with Crippen LogP contribution in [-0.4, -0.2) is 37.9 Å². The monoisotopic (exact) mass is 283 g/mol. The highest BCUT2D eigenvalue weighted by atomic mass is 35.5. The Labute approximate surface area is 103 Å². The maximum absolute atomic E-state index is 12.8. The molecule has 1 atom stereocenters. The van der Waals surface area contributed by atoms with Crippen LogP contribution in [-0.2, 0) is 10.0 Å². The zero-order valence-corrected chi connectivity index (χ0v) is 10.2. The fourth-order valence-corrected chi connectivity index (χ4v) is 2.34. The van der Waals surface area contributed by atoms with Crippen molar-refractivity contribution >= 4 is 21.6 Å². The van der Waals surface area contributed by atoms with Gasteiger partial charge in [-0.15, -0.1) is 0 Å². The third-order valence-corrected chi connectivity index (χ3v) is 3.63. The molecule has 0 aromatic heterocycles. The van der Waals surface area contributed by atoms with Gasteiger partial charge in [0.1, 0.15) is 5.82 Å². The summed E-state index contributed by atoms with van der Waals surface area (Å²) in [6.45, 7) is -0.902. The number of aliphatic hydroxyl groups excluding tert-OH is 2. The van der Waals surface area contributed by atoms with Gasteiger partial charge in [-0.3, -0.25) is 0 Å². The molecule has 8 heteroatoms. The molecule has 0 spiro atoms. The molecular formula is C9H11ClFNO4S. The van der Waals surface area contributed by atoms with Gasteiger partial charge in [-0.1, -0.05) is 11.6 Å². The first-order chi connectivity index (χ1) is 7.86. The molecule has 1 aromatic rings. The first-order valence-electron chi connectivity index (χ1n) is 4.60. The fraction of sp³-hybridized carbons (Fsp3) is 0.333. The van der Waals surface area contributed by atoms with E-state index in [1.54, 1.807) is 0 Å². The van der Waals surface area contributed by atoms with Crippen LogP contribution >= 0.6 is 11.6 Å². The molecule has 0 saturated carbocycles. The van der Waals surface area contributed by atoms with Gasteiger partial charge in [0.2, 0.25) is 10.0 Å². The van der Waals surface area contributed by atoms with E-state index in [2.05, 4.69) is 4.72 Å². The van der Waals surface area contributed by atoms with Crippen LogP contribution in [0.4, 0.5) is 4.39 Å². The molecule has 1 unspecified atom stereocenters. The summed E-state index contributed by atoms with van der Waals surface area (Å²) in [6.07, 6.45) is -1.19. The summed E-state index contributed by atoms with van der Waals surface area (Å²) in [7, 11) is -3.88. The van der Waals surface area contributed by atoms with Gasteiger partial charge in [-0.05, 0) is 18.2 Å². The Morgan fingerprint density at radius 1 is 1.47 bits per heavy atom. The predicted octanol–water partition coefficient (Wildman–Crippen LogP) is 0.111. The van der Waals surface area contributed by atoms with Crippen molar-refractivity contribution in [3.8, 4) is 0 Å². The van der Waals surface area contributed by atoms with Crippen LogP contribution in [0.2, 0.25) is 5.02 Å². The van der Waals surface area contributed by atoms with Crippen molar-refractivity contribution in [2.24, 2.45) is 0 Å². The van der Waals surface area contributed by atoms with E-state index in [9.17, 15) is 12.8 Å². The number of rotatable bonds is 5. The summed E-state index contributed by atoms with van der Waals surface area (Å²) >= 11 is 5.45. The second-order valence-corrected chi connectivity index (χ2v) is 5.44. The Morgan fingerprint density at radius 3 is 2.65 bits per heavy atom. The summed E-state index contributed by atoms with van der Waals surface area (Å²) in [4.78, 5) is -0.214. The third kappa shape index (κ3) is 3.90. The van der Waals surface area contributed by atoms with Gasteiger partial charge in [0.25, 0.3) is 0 Å². The molecule has 0 amide bonds. The Balaban J connectivity index is 2.86. The van der Waals surface area contributed by atoms with Gasteiger partial charge in [-0.2, -0.15) is 0 Å². The minimum Gasteiger partial charge on any atom is -0.394 e. The van der Waals surface area contributed by atoms with Crippen molar-refractivity contribution in [2.45, 2.75) is 11.0 Å². The standard InChI is InChI=1S/C9H11ClFNO4S/c10-8-3-7(1-2-9(8)11)17(15,16)12-4-6(14)5-13/h1-3,6,12-14H,4-5H2. The number of sulfonamides is 1. The lowest BCUT2D eigenvalue weighted by atomic mass is 10.3. The number of halogens is 2. The molecule has 0 saturated heterocycles. The van der Waals surface area contributed by atoms with E-state index >= 15 is 0 Å². The van der Waals surface area contributed by atoms with Crippen molar-refractivity contribution in [2.75, 3.05) is 13.2 Å². The topological polar surface area (TPSA) is 86.6 Å². The summed E-state index contributed by atoms with van der Waals surface area (Å²) in [5, 5.41) is 17.2. The average Bonchev–Trinajstić information content (AvgIpc) is 2.29. The van der Waals surface area contributed by atoms with E-state index < -0.39 is 28.6 Å². The lowest BCUT2D eigenvalue weighted by Crippen LogP contribution is -2.33. The maximum Gasteiger partial charge on any atom is 0.240 e. The first kappa shape index (κ1) is 14.3. The largest absolute Gasteiger partial charge is 0.394 e. The second kappa shape index (κ2) is 5.74. The molecule has 0 aliphatic carbocycles. The van der Waals surface area contributed by atoms with Crippen LogP contribution in [0, 0.1) is 5.82 Å². The van der Waals surface area contributed by atoms with E-state index in [0.717, 1.165) is 18.2 Å². The van der Waals surface area contributed by atoms with Crippen LogP contribution in [0.15, 0.2) is 23.1 Å². The molecule has 17 heavy (non-hydrogen) atoms. The van der Waals surface area contributed by atoms with Crippen LogP contribution in [0.5, 0.6) is 0 Å². The zero-order valence-electron chi connectivity index (χ0n) is 8.60. The molecule has 1 aromatic carbocycles. The minimum absolute atomic E-state index is 0.214. The lowest BCUT2D eigenvalue weighted by Gasteiger charge is -2.10. The summed E-state index contributed by atoms with van der Waals surface area (Å²) in [5.41, 5.74) is 0. The third-order valence-electron chi connectivity index (χ3n) is 1.92. The Hall–Kier alpha value is -0.730. The molecule has 0 aliphatic rings. The van der Waals surface area contributed by atoms with Crippen LogP contribution < -0.4 is 4.72 Å². The predicted molar refractivity (Wildman–Crippen MR) is 59.7 cm³/mol. The molecule has 1 rings (SSSR count). The number of hydrogen-bond acceptors (Lipinski definition) is 4. The van der Waals surface area contributed by atoms with Crippen molar-refractivity contribution in [1.29, 1.82) is 0 Å². The molecule has 0 bridgehead atoms. The van der Waals surface area contributed by atoms with Crippen LogP contribution in [0.1, 0.15) is 0 Å². The SMILES string of the molecule is O=S(=O)(NCC(O)CO)c1ccc(F)c(Cl)c1. The van der Waals surface area contributed by atoms with Gasteiger partial charge in [-0.25, -0.2) is 17.5 Å². The van der Waals surface area contributed by atoms with E-state index in [-0.39, 0.29) is 16.5 Å². The Kier molecular flexibility index (Phi) is 4.84. The molecule has 0 aliphatic heterocycles. The lowest BCUT2D eigenvalue weighted by molar-refractivity contribution is 0.0988. The molecule has 0 radical (unpaired) electrons. The van der Waals surface area contributed by atoms with Gasteiger partial charge in [0.15, 0.2) is 0 Å². The fourth-order valence-electron chi connectivity index (χ4n) is 0.998. The zero-order chi connectivity index (χ0) is 13.1. The molecular weight excluding hydrogens is 273 g/mol. The average molecular weight is 284 g/mol. The van der Waals surface area contributed by atoms with Gasteiger partial charge >= 0.3 is 0 Å². The quantitative estimate of drug-likeness (QED) is 0.716.